The van der Waals surface area contributed by atoms with Crippen LogP contribution in [0.4, 0.5) is 0 Å². The molecule has 3 rings (SSSR count). The summed E-state index contributed by atoms with van der Waals surface area (Å²) in [6, 6.07) is 22.2. The molecule has 0 spiro atoms. The third kappa shape index (κ3) is 5.54. The topological polar surface area (TPSA) is 78.7 Å². The minimum absolute atomic E-state index is 0.249. The molecule has 0 amide bonds. The molecular formula is C24H21NO5. The molecule has 0 atom stereocenters. The molecular weight excluding hydrogens is 382 g/mol. The van der Waals surface area contributed by atoms with E-state index >= 15 is 0 Å². The summed E-state index contributed by atoms with van der Waals surface area (Å²) < 4.78 is 10.9. The first-order valence-electron chi connectivity index (χ1n) is 9.40. The van der Waals surface area contributed by atoms with E-state index in [1.54, 1.807) is 30.3 Å². The fraction of sp³-hybridized carbons (Fsp3) is 0.125. The number of ether oxygens (including phenoxy) is 2. The zero-order valence-corrected chi connectivity index (χ0v) is 16.5. The summed E-state index contributed by atoms with van der Waals surface area (Å²) in [5.41, 5.74) is 3.15. The van der Waals surface area contributed by atoms with Gasteiger partial charge in [-0.15, -0.1) is 0 Å². The molecule has 0 heterocycles. The van der Waals surface area contributed by atoms with Crippen molar-refractivity contribution in [1.82, 2.24) is 0 Å². The molecule has 0 fully saturated rings. The average molecular weight is 403 g/mol. The van der Waals surface area contributed by atoms with Crippen LogP contribution in [0.5, 0.6) is 11.5 Å². The summed E-state index contributed by atoms with van der Waals surface area (Å²) in [5.74, 6) is 0.0831. The van der Waals surface area contributed by atoms with Crippen LogP contribution in [-0.4, -0.2) is 18.0 Å². The van der Waals surface area contributed by atoms with Gasteiger partial charge in [0, 0.05) is 6.08 Å². The number of rotatable bonds is 8. The van der Waals surface area contributed by atoms with Crippen LogP contribution < -0.4 is 9.47 Å². The number of methoxy groups -OCH3 is 1. The molecule has 0 bridgehead atoms. The first-order chi connectivity index (χ1) is 14.6. The van der Waals surface area contributed by atoms with Crippen LogP contribution in [0.3, 0.4) is 0 Å². The normalized spacial score (nSPS) is 10.7. The van der Waals surface area contributed by atoms with E-state index in [9.17, 15) is 14.9 Å². The lowest BCUT2D eigenvalue weighted by Gasteiger charge is -2.12. The number of aryl methyl sites for hydroxylation is 2. The number of hydrogen-bond donors (Lipinski definition) is 0. The van der Waals surface area contributed by atoms with Crippen molar-refractivity contribution in [2.75, 3.05) is 7.11 Å². The van der Waals surface area contributed by atoms with Crippen molar-refractivity contribution < 1.29 is 19.2 Å². The fourth-order valence-corrected chi connectivity index (χ4v) is 3.04. The van der Waals surface area contributed by atoms with Gasteiger partial charge in [-0.2, -0.15) is 0 Å². The first-order valence-corrected chi connectivity index (χ1v) is 9.40. The molecule has 0 unspecified atom stereocenters. The molecule has 152 valence electrons. The van der Waals surface area contributed by atoms with Gasteiger partial charge in [0.2, 0.25) is 6.20 Å². The fourth-order valence-electron chi connectivity index (χ4n) is 3.04. The zero-order chi connectivity index (χ0) is 21.3. The molecule has 0 saturated carbocycles. The van der Waals surface area contributed by atoms with Crippen LogP contribution in [0, 0.1) is 10.1 Å². The predicted molar refractivity (Wildman–Crippen MR) is 114 cm³/mol. The Morgan fingerprint density at radius 2 is 1.70 bits per heavy atom. The molecule has 0 aliphatic rings. The second kappa shape index (κ2) is 10.0. The maximum absolute atomic E-state index is 12.8. The molecule has 30 heavy (non-hydrogen) atoms. The van der Waals surface area contributed by atoms with Gasteiger partial charge in [-0.1, -0.05) is 54.6 Å². The first kappa shape index (κ1) is 20.8. The maximum atomic E-state index is 12.8. The minimum Gasteiger partial charge on any atom is -0.493 e. The smallest absolute Gasteiger partial charge is 0.343 e. The third-order valence-corrected chi connectivity index (χ3v) is 4.54. The summed E-state index contributed by atoms with van der Waals surface area (Å²) in [4.78, 5) is 22.8. The number of carbonyl (C=O) groups excluding carboxylic acids is 1. The lowest BCUT2D eigenvalue weighted by molar-refractivity contribution is -0.400. The molecule has 0 aliphatic carbocycles. The highest BCUT2D eigenvalue weighted by Gasteiger charge is 2.16. The van der Waals surface area contributed by atoms with E-state index in [0.29, 0.717) is 23.3 Å². The van der Waals surface area contributed by atoms with Crippen LogP contribution in [0.15, 0.2) is 79.0 Å². The van der Waals surface area contributed by atoms with Crippen molar-refractivity contribution in [3.63, 3.8) is 0 Å². The maximum Gasteiger partial charge on any atom is 0.343 e. The standard InChI is InChI=1S/C24H21NO5/c1-29-23-17-19(15-16-25(27)28)12-14-22(23)30-24(26)21-10-6-5-9-20(21)13-11-18-7-3-2-4-8-18/h2-10,12,14-17H,11,13H2,1H3/b16-15+. The summed E-state index contributed by atoms with van der Waals surface area (Å²) in [6.07, 6.45) is 3.69. The Balaban J connectivity index is 1.77. The quantitative estimate of drug-likeness (QED) is 0.230. The summed E-state index contributed by atoms with van der Waals surface area (Å²) >= 11 is 0. The van der Waals surface area contributed by atoms with Gasteiger partial charge >= 0.3 is 5.97 Å². The monoisotopic (exact) mass is 403 g/mol. The summed E-state index contributed by atoms with van der Waals surface area (Å²) in [6.45, 7) is 0. The van der Waals surface area contributed by atoms with Crippen molar-refractivity contribution in [2.45, 2.75) is 12.8 Å². The molecule has 3 aromatic rings. The number of carbonyl (C=O) groups is 1. The SMILES string of the molecule is COc1cc(/C=C/[N+](=O)[O-])ccc1OC(=O)c1ccccc1CCc1ccccc1. The number of hydrogen-bond acceptors (Lipinski definition) is 5. The molecule has 3 aromatic carbocycles. The van der Waals surface area contributed by atoms with Gasteiger partial charge in [-0.25, -0.2) is 4.79 Å². The Hall–Kier alpha value is -3.93. The van der Waals surface area contributed by atoms with Crippen molar-refractivity contribution >= 4 is 12.0 Å². The van der Waals surface area contributed by atoms with E-state index in [1.807, 2.05) is 30.3 Å². The van der Waals surface area contributed by atoms with Crippen LogP contribution in [0.25, 0.3) is 6.08 Å². The Kier molecular flexibility index (Phi) is 6.95. The third-order valence-electron chi connectivity index (χ3n) is 4.54. The predicted octanol–water partition coefficient (Wildman–Crippen LogP) is 4.95. The van der Waals surface area contributed by atoms with Crippen LogP contribution in [-0.2, 0) is 12.8 Å². The number of nitrogens with zero attached hydrogens (tertiary/aromatic N) is 1. The van der Waals surface area contributed by atoms with Gasteiger partial charge in [0.15, 0.2) is 11.5 Å². The highest BCUT2D eigenvalue weighted by atomic mass is 16.6. The van der Waals surface area contributed by atoms with E-state index in [2.05, 4.69) is 12.1 Å². The number of nitro groups is 1. The molecule has 6 nitrogen and oxygen atoms in total. The highest BCUT2D eigenvalue weighted by molar-refractivity contribution is 5.93. The molecule has 6 heteroatoms. The summed E-state index contributed by atoms with van der Waals surface area (Å²) in [7, 11) is 1.45. The van der Waals surface area contributed by atoms with Gasteiger partial charge in [0.25, 0.3) is 0 Å². The van der Waals surface area contributed by atoms with Gasteiger partial charge in [0.05, 0.1) is 17.6 Å². The molecule has 0 aliphatic heterocycles. The lowest BCUT2D eigenvalue weighted by atomic mass is 10.00. The molecule has 0 aromatic heterocycles. The van der Waals surface area contributed by atoms with Crippen LogP contribution in [0.2, 0.25) is 0 Å². The van der Waals surface area contributed by atoms with Crippen molar-refractivity contribution in [1.29, 1.82) is 0 Å². The average Bonchev–Trinajstić information content (AvgIpc) is 2.77. The van der Waals surface area contributed by atoms with Crippen molar-refractivity contribution in [3.8, 4) is 11.5 Å². The number of benzene rings is 3. The van der Waals surface area contributed by atoms with Gasteiger partial charge in [-0.05, 0) is 47.7 Å². The Labute approximate surface area is 174 Å². The van der Waals surface area contributed by atoms with E-state index in [0.717, 1.165) is 18.2 Å². The zero-order valence-electron chi connectivity index (χ0n) is 16.5. The van der Waals surface area contributed by atoms with Gasteiger partial charge in [0.1, 0.15) is 0 Å². The summed E-state index contributed by atoms with van der Waals surface area (Å²) in [5, 5.41) is 10.5. The molecule has 0 radical (unpaired) electrons. The van der Waals surface area contributed by atoms with Gasteiger partial charge in [-0.3, -0.25) is 10.1 Å². The molecule has 0 saturated heterocycles. The Morgan fingerprint density at radius 3 is 2.43 bits per heavy atom. The van der Waals surface area contributed by atoms with E-state index in [1.165, 1.54) is 18.7 Å². The minimum atomic E-state index is -0.549. The molecule has 0 N–H and O–H groups in total. The highest BCUT2D eigenvalue weighted by Crippen LogP contribution is 2.29. The second-order valence-electron chi connectivity index (χ2n) is 6.54. The lowest BCUT2D eigenvalue weighted by Crippen LogP contribution is -2.12. The van der Waals surface area contributed by atoms with Crippen molar-refractivity contribution in [2.24, 2.45) is 0 Å². The van der Waals surface area contributed by atoms with E-state index in [-0.39, 0.29) is 5.75 Å². The van der Waals surface area contributed by atoms with E-state index < -0.39 is 10.9 Å². The van der Waals surface area contributed by atoms with E-state index in [4.69, 9.17) is 9.47 Å². The number of esters is 1. The van der Waals surface area contributed by atoms with Crippen LogP contribution in [0.1, 0.15) is 27.0 Å². The Morgan fingerprint density at radius 1 is 0.967 bits per heavy atom. The van der Waals surface area contributed by atoms with Crippen molar-refractivity contribution in [3.05, 3.63) is 111 Å². The van der Waals surface area contributed by atoms with Crippen LogP contribution >= 0.6 is 0 Å². The second-order valence-corrected chi connectivity index (χ2v) is 6.54. The Bertz CT molecular complexity index is 1060. The van der Waals surface area contributed by atoms with Gasteiger partial charge < -0.3 is 9.47 Å². The largest absolute Gasteiger partial charge is 0.493 e.